The third-order valence-corrected chi connectivity index (χ3v) is 5.22. The van der Waals surface area contributed by atoms with E-state index >= 15 is 0 Å². The van der Waals surface area contributed by atoms with Crippen molar-refractivity contribution in [2.75, 3.05) is 0 Å². The molecule has 17 heavy (non-hydrogen) atoms. The summed E-state index contributed by atoms with van der Waals surface area (Å²) in [5.74, 6) is 3.66. The molecule has 0 saturated heterocycles. The van der Waals surface area contributed by atoms with E-state index in [1.165, 1.54) is 37.7 Å². The second-order valence-corrected chi connectivity index (χ2v) is 6.26. The van der Waals surface area contributed by atoms with Crippen LogP contribution in [0.5, 0.6) is 0 Å². The van der Waals surface area contributed by atoms with E-state index in [1.54, 1.807) is 6.08 Å². The van der Waals surface area contributed by atoms with Crippen molar-refractivity contribution >= 4 is 5.78 Å². The number of carbonyl (C=O) groups is 1. The van der Waals surface area contributed by atoms with E-state index in [9.17, 15) is 4.79 Å². The molecule has 4 bridgehead atoms. The van der Waals surface area contributed by atoms with Crippen molar-refractivity contribution in [2.24, 2.45) is 23.7 Å². The first kappa shape index (κ1) is 9.87. The maximum atomic E-state index is 12.0. The summed E-state index contributed by atoms with van der Waals surface area (Å²) in [6.45, 7) is 0. The van der Waals surface area contributed by atoms with Gasteiger partial charge in [0, 0.05) is 5.57 Å². The summed E-state index contributed by atoms with van der Waals surface area (Å²) in [6.07, 6.45) is 14.6. The van der Waals surface area contributed by atoms with Crippen LogP contribution >= 0.6 is 0 Å². The van der Waals surface area contributed by atoms with Crippen LogP contribution in [-0.2, 0) is 4.79 Å². The van der Waals surface area contributed by atoms with Crippen molar-refractivity contribution in [3.05, 3.63) is 35.5 Å². The third kappa shape index (κ3) is 1.41. The Hall–Kier alpha value is -1.11. The summed E-state index contributed by atoms with van der Waals surface area (Å²) in [5.41, 5.74) is 2.57. The molecule has 0 heterocycles. The summed E-state index contributed by atoms with van der Waals surface area (Å²) >= 11 is 0. The van der Waals surface area contributed by atoms with Crippen LogP contribution in [0.4, 0.5) is 0 Å². The number of rotatable bonds is 0. The van der Waals surface area contributed by atoms with Gasteiger partial charge < -0.3 is 0 Å². The zero-order valence-corrected chi connectivity index (χ0v) is 10.1. The van der Waals surface area contributed by atoms with Gasteiger partial charge in [0.25, 0.3) is 0 Å². The molecule has 0 aromatic heterocycles. The van der Waals surface area contributed by atoms with Crippen LogP contribution in [0, 0.1) is 23.7 Å². The molecule has 1 nitrogen and oxygen atoms in total. The van der Waals surface area contributed by atoms with Crippen molar-refractivity contribution < 1.29 is 4.79 Å². The fourth-order valence-electron chi connectivity index (χ4n) is 4.84. The second kappa shape index (κ2) is 3.44. The molecule has 0 aromatic carbocycles. The number of allylic oxidation sites excluding steroid dienone is 6. The maximum Gasteiger partial charge on any atom is 0.185 e. The maximum absolute atomic E-state index is 12.0. The Morgan fingerprint density at radius 3 is 2.00 bits per heavy atom. The van der Waals surface area contributed by atoms with Gasteiger partial charge in [-0.3, -0.25) is 4.79 Å². The van der Waals surface area contributed by atoms with E-state index in [-0.39, 0.29) is 5.78 Å². The topological polar surface area (TPSA) is 17.1 Å². The van der Waals surface area contributed by atoms with E-state index in [0.717, 1.165) is 29.2 Å². The van der Waals surface area contributed by atoms with Crippen LogP contribution in [0.1, 0.15) is 32.1 Å². The van der Waals surface area contributed by atoms with Crippen molar-refractivity contribution in [2.45, 2.75) is 32.1 Å². The summed E-state index contributed by atoms with van der Waals surface area (Å²) < 4.78 is 0. The molecule has 0 aromatic rings. The molecule has 88 valence electrons. The predicted octanol–water partition coefficient (Wildman–Crippen LogP) is 3.43. The van der Waals surface area contributed by atoms with E-state index < -0.39 is 0 Å². The van der Waals surface area contributed by atoms with Gasteiger partial charge in [0.15, 0.2) is 5.78 Å². The molecular weight excluding hydrogens is 208 g/mol. The smallest absolute Gasteiger partial charge is 0.185 e. The first-order valence-corrected chi connectivity index (χ1v) is 6.94. The van der Waals surface area contributed by atoms with Crippen molar-refractivity contribution in [3.63, 3.8) is 0 Å². The summed E-state index contributed by atoms with van der Waals surface area (Å²) in [4.78, 5) is 12.0. The van der Waals surface area contributed by atoms with E-state index in [0.29, 0.717) is 0 Å². The highest BCUT2D eigenvalue weighted by molar-refractivity contribution is 6.08. The van der Waals surface area contributed by atoms with Crippen LogP contribution in [0.2, 0.25) is 0 Å². The first-order chi connectivity index (χ1) is 8.31. The number of ketones is 1. The van der Waals surface area contributed by atoms with Gasteiger partial charge in [0.2, 0.25) is 0 Å². The van der Waals surface area contributed by atoms with Gasteiger partial charge in [-0.2, -0.15) is 0 Å². The number of hydrogen-bond donors (Lipinski definition) is 0. The zero-order chi connectivity index (χ0) is 11.4. The summed E-state index contributed by atoms with van der Waals surface area (Å²) in [6, 6.07) is 0. The van der Waals surface area contributed by atoms with E-state index in [4.69, 9.17) is 0 Å². The SMILES string of the molecule is O=C1C=CC=CC1=C1C2CC3CC(C2)CC1C3. The van der Waals surface area contributed by atoms with Gasteiger partial charge >= 0.3 is 0 Å². The van der Waals surface area contributed by atoms with E-state index in [2.05, 4.69) is 6.08 Å². The van der Waals surface area contributed by atoms with Crippen LogP contribution in [-0.4, -0.2) is 5.78 Å². The molecule has 0 radical (unpaired) electrons. The minimum atomic E-state index is 0.245. The molecule has 1 heteroatoms. The van der Waals surface area contributed by atoms with Crippen LogP contribution in [0.15, 0.2) is 35.5 Å². The molecule has 0 N–H and O–H groups in total. The Labute approximate surface area is 102 Å². The minimum absolute atomic E-state index is 0.245. The highest BCUT2D eigenvalue weighted by Crippen LogP contribution is 2.57. The molecule has 0 atom stereocenters. The van der Waals surface area contributed by atoms with Crippen LogP contribution in [0.25, 0.3) is 0 Å². The summed E-state index contributed by atoms with van der Waals surface area (Å²) in [7, 11) is 0. The monoisotopic (exact) mass is 226 g/mol. The molecule has 0 aliphatic heterocycles. The Bertz CT molecular complexity index is 434. The molecule has 0 amide bonds. The largest absolute Gasteiger partial charge is 0.289 e. The molecule has 4 saturated carbocycles. The van der Waals surface area contributed by atoms with Crippen LogP contribution in [0.3, 0.4) is 0 Å². The van der Waals surface area contributed by atoms with Crippen molar-refractivity contribution in [1.82, 2.24) is 0 Å². The molecule has 4 fully saturated rings. The fraction of sp³-hybridized carbons (Fsp3) is 0.562. The first-order valence-electron chi connectivity index (χ1n) is 6.94. The Morgan fingerprint density at radius 1 is 0.824 bits per heavy atom. The van der Waals surface area contributed by atoms with Gasteiger partial charge in [-0.05, 0) is 61.9 Å². The number of hydrogen-bond acceptors (Lipinski definition) is 1. The van der Waals surface area contributed by atoms with Gasteiger partial charge in [0.1, 0.15) is 0 Å². The second-order valence-electron chi connectivity index (χ2n) is 6.26. The van der Waals surface area contributed by atoms with Gasteiger partial charge in [-0.25, -0.2) is 0 Å². The minimum Gasteiger partial charge on any atom is -0.289 e. The van der Waals surface area contributed by atoms with E-state index in [1.807, 2.05) is 12.2 Å². The summed E-state index contributed by atoms with van der Waals surface area (Å²) in [5, 5.41) is 0. The quantitative estimate of drug-likeness (QED) is 0.578. The number of carbonyl (C=O) groups excluding carboxylic acids is 1. The lowest BCUT2D eigenvalue weighted by atomic mass is 9.53. The average molecular weight is 226 g/mol. The molecular formula is C16H18O. The van der Waals surface area contributed by atoms with Gasteiger partial charge in [0.05, 0.1) is 0 Å². The standard InChI is InChI=1S/C16H18O/c17-15-4-2-1-3-14(15)16-12-6-10-5-11(8-12)9-13(16)7-10/h1-4,10-13H,5-9H2. The van der Waals surface area contributed by atoms with Crippen molar-refractivity contribution in [3.8, 4) is 0 Å². The van der Waals surface area contributed by atoms with Gasteiger partial charge in [-0.1, -0.05) is 23.8 Å². The Kier molecular flexibility index (Phi) is 2.00. The highest BCUT2D eigenvalue weighted by atomic mass is 16.1. The van der Waals surface area contributed by atoms with Crippen molar-refractivity contribution in [1.29, 1.82) is 0 Å². The molecule has 5 rings (SSSR count). The molecule has 5 aliphatic rings. The average Bonchev–Trinajstić information content (AvgIpc) is 2.30. The molecule has 0 spiro atoms. The van der Waals surface area contributed by atoms with Gasteiger partial charge in [-0.15, -0.1) is 0 Å². The lowest BCUT2D eigenvalue weighted by Crippen LogP contribution is -2.41. The highest BCUT2D eigenvalue weighted by Gasteiger charge is 2.46. The normalized spacial score (nSPS) is 42.7. The predicted molar refractivity (Wildman–Crippen MR) is 67.4 cm³/mol. The third-order valence-electron chi connectivity index (χ3n) is 5.22. The molecule has 5 aliphatic carbocycles. The lowest BCUT2D eigenvalue weighted by Gasteiger charge is -2.52. The Balaban J connectivity index is 1.79. The molecule has 0 unspecified atom stereocenters. The van der Waals surface area contributed by atoms with Crippen LogP contribution < -0.4 is 0 Å². The Morgan fingerprint density at radius 2 is 1.41 bits per heavy atom. The zero-order valence-electron chi connectivity index (χ0n) is 10.1. The fourth-order valence-corrected chi connectivity index (χ4v) is 4.84. The lowest BCUT2D eigenvalue weighted by molar-refractivity contribution is -0.111.